The van der Waals surface area contributed by atoms with Gasteiger partial charge in [0.25, 0.3) is 11.8 Å². The van der Waals surface area contributed by atoms with Gasteiger partial charge in [-0.2, -0.15) is 0 Å². The molecule has 1 aliphatic carbocycles. The van der Waals surface area contributed by atoms with E-state index in [0.717, 1.165) is 41.5 Å². The van der Waals surface area contributed by atoms with Gasteiger partial charge in [0.1, 0.15) is 10.7 Å². The number of amides is 2. The fraction of sp³-hybridized carbons (Fsp3) is 0.429. The first-order valence-corrected chi connectivity index (χ1v) is 11.6. The number of fused-ring (bicyclic) bond motifs is 2. The van der Waals surface area contributed by atoms with E-state index in [0.29, 0.717) is 36.0 Å². The van der Waals surface area contributed by atoms with E-state index in [2.05, 4.69) is 10.6 Å². The van der Waals surface area contributed by atoms with E-state index in [-0.39, 0.29) is 11.8 Å². The highest BCUT2D eigenvalue weighted by Gasteiger charge is 2.27. The summed E-state index contributed by atoms with van der Waals surface area (Å²) in [4.78, 5) is 27.3. The molecule has 0 aliphatic heterocycles. The van der Waals surface area contributed by atoms with Crippen LogP contribution in [0.15, 0.2) is 17.5 Å². The fourth-order valence-corrected chi connectivity index (χ4v) is 6.03. The Balaban J connectivity index is 1.65. The monoisotopic (exact) mass is 431 g/mol. The molecule has 0 radical (unpaired) electrons. The average Bonchev–Trinajstić information content (AvgIpc) is 3.39. The summed E-state index contributed by atoms with van der Waals surface area (Å²) in [5.74, 6) is -0.302. The zero-order valence-electron chi connectivity index (χ0n) is 16.7. The van der Waals surface area contributed by atoms with Gasteiger partial charge in [0.15, 0.2) is 0 Å². The molecule has 0 bridgehead atoms. The minimum absolute atomic E-state index is 0.136. The lowest BCUT2D eigenvalue weighted by Crippen LogP contribution is -2.29. The van der Waals surface area contributed by atoms with E-state index in [1.165, 1.54) is 4.88 Å². The van der Waals surface area contributed by atoms with Gasteiger partial charge in [-0.25, -0.2) is 0 Å². The largest absolute Gasteiger partial charge is 0.383 e. The number of carbonyl (C=O) groups excluding carboxylic acids is 2. The van der Waals surface area contributed by atoms with Crippen molar-refractivity contribution in [2.24, 2.45) is 0 Å². The van der Waals surface area contributed by atoms with E-state index in [1.54, 1.807) is 29.8 Å². The number of nitrogens with one attached hydrogen (secondary N) is 2. The Morgan fingerprint density at radius 3 is 2.86 bits per heavy atom. The molecular formula is C21H25N3O3S2. The minimum Gasteiger partial charge on any atom is -0.383 e. The molecule has 8 heteroatoms. The van der Waals surface area contributed by atoms with Crippen LogP contribution in [-0.4, -0.2) is 36.6 Å². The molecule has 2 N–H and O–H groups in total. The molecule has 154 valence electrons. The van der Waals surface area contributed by atoms with Gasteiger partial charge in [0.2, 0.25) is 0 Å². The number of hydrogen-bond donors (Lipinski definition) is 2. The molecule has 2 amide bonds. The van der Waals surface area contributed by atoms with Crippen molar-refractivity contribution in [1.82, 2.24) is 9.88 Å². The Labute approximate surface area is 177 Å². The van der Waals surface area contributed by atoms with Crippen LogP contribution in [0.5, 0.6) is 0 Å². The molecule has 3 aromatic heterocycles. The summed E-state index contributed by atoms with van der Waals surface area (Å²) < 4.78 is 8.16. The normalized spacial score (nSPS) is 13.4. The van der Waals surface area contributed by atoms with E-state index in [4.69, 9.17) is 4.74 Å². The Morgan fingerprint density at radius 2 is 2.07 bits per heavy atom. The Bertz CT molecular complexity index is 1050. The van der Waals surface area contributed by atoms with Crippen LogP contribution >= 0.6 is 22.7 Å². The smallest absolute Gasteiger partial charge is 0.272 e. The molecule has 0 spiro atoms. The maximum atomic E-state index is 13.1. The lowest BCUT2D eigenvalue weighted by Gasteiger charge is -2.13. The van der Waals surface area contributed by atoms with Gasteiger partial charge in [-0.3, -0.25) is 9.59 Å². The van der Waals surface area contributed by atoms with Crippen molar-refractivity contribution in [2.45, 2.75) is 39.2 Å². The van der Waals surface area contributed by atoms with Gasteiger partial charge >= 0.3 is 0 Å². The summed E-state index contributed by atoms with van der Waals surface area (Å²) >= 11 is 3.17. The minimum atomic E-state index is -0.167. The molecule has 1 aliphatic rings. The lowest BCUT2D eigenvalue weighted by molar-refractivity contribution is 0.0937. The summed E-state index contributed by atoms with van der Waals surface area (Å²) in [7, 11) is 1.61. The van der Waals surface area contributed by atoms with Gasteiger partial charge in [-0.05, 0) is 55.7 Å². The molecule has 4 rings (SSSR count). The summed E-state index contributed by atoms with van der Waals surface area (Å²) in [6.07, 6.45) is 4.05. The summed E-state index contributed by atoms with van der Waals surface area (Å²) in [5, 5.41) is 8.66. The number of hydrogen-bond acceptors (Lipinski definition) is 5. The number of thiophene rings is 2. The van der Waals surface area contributed by atoms with Crippen LogP contribution < -0.4 is 10.6 Å². The molecule has 0 unspecified atom stereocenters. The Hall–Kier alpha value is -2.16. The van der Waals surface area contributed by atoms with E-state index in [9.17, 15) is 9.59 Å². The first kappa shape index (κ1) is 20.1. The zero-order valence-corrected chi connectivity index (χ0v) is 18.3. The van der Waals surface area contributed by atoms with Crippen molar-refractivity contribution < 1.29 is 14.3 Å². The predicted octanol–water partition coefficient (Wildman–Crippen LogP) is 4.29. The van der Waals surface area contributed by atoms with Gasteiger partial charge < -0.3 is 19.9 Å². The highest BCUT2D eigenvalue weighted by molar-refractivity contribution is 7.17. The number of ether oxygens (including phenoxy) is 1. The number of carbonyl (C=O) groups is 2. The molecule has 3 heterocycles. The van der Waals surface area contributed by atoms with Crippen molar-refractivity contribution in [3.05, 3.63) is 39.2 Å². The van der Waals surface area contributed by atoms with Crippen LogP contribution in [0.25, 0.3) is 10.2 Å². The van der Waals surface area contributed by atoms with Gasteiger partial charge in [0.05, 0.1) is 22.4 Å². The van der Waals surface area contributed by atoms with Crippen molar-refractivity contribution in [3.8, 4) is 0 Å². The number of anilines is 1. The second kappa shape index (κ2) is 8.69. The van der Waals surface area contributed by atoms with Gasteiger partial charge in [-0.15, -0.1) is 22.7 Å². The van der Waals surface area contributed by atoms with Gasteiger partial charge in [-0.1, -0.05) is 0 Å². The topological polar surface area (TPSA) is 72.4 Å². The SMILES string of the molecule is CCn1c(C(=O)Nc2sc3c(c2C(=O)NCCOC)CCCC3)cc2sccc21. The Kier molecular flexibility index (Phi) is 6.03. The first-order chi connectivity index (χ1) is 14.1. The number of methoxy groups -OCH3 is 1. The van der Waals surface area contributed by atoms with Crippen LogP contribution in [0.3, 0.4) is 0 Å². The number of aryl methyl sites for hydroxylation is 2. The zero-order chi connectivity index (χ0) is 20.4. The molecule has 29 heavy (non-hydrogen) atoms. The second-order valence-corrected chi connectivity index (χ2v) is 9.11. The third-order valence-corrected chi connectivity index (χ3v) is 7.35. The quantitative estimate of drug-likeness (QED) is 0.548. The fourth-order valence-electron chi connectivity index (χ4n) is 3.92. The van der Waals surface area contributed by atoms with E-state index >= 15 is 0 Å². The molecule has 6 nitrogen and oxygen atoms in total. The van der Waals surface area contributed by atoms with Crippen LogP contribution in [-0.2, 0) is 24.1 Å². The Morgan fingerprint density at radius 1 is 1.24 bits per heavy atom. The van der Waals surface area contributed by atoms with Gasteiger partial charge in [0, 0.05) is 25.1 Å². The molecular weight excluding hydrogens is 406 g/mol. The van der Waals surface area contributed by atoms with Crippen molar-refractivity contribution in [3.63, 3.8) is 0 Å². The standard InChI is InChI=1S/C21H25N3O3S2/c1-3-24-14-8-11-28-17(14)12-15(24)19(25)23-21-18(20(26)22-9-10-27-2)13-6-4-5-7-16(13)29-21/h8,11-12H,3-7,9-10H2,1-2H3,(H,22,26)(H,23,25). The predicted molar refractivity (Wildman–Crippen MR) is 119 cm³/mol. The average molecular weight is 432 g/mol. The number of aromatic nitrogens is 1. The van der Waals surface area contributed by atoms with E-state index in [1.807, 2.05) is 29.0 Å². The molecule has 0 saturated heterocycles. The van der Waals surface area contributed by atoms with Crippen molar-refractivity contribution in [1.29, 1.82) is 0 Å². The van der Waals surface area contributed by atoms with Crippen LogP contribution in [0, 0.1) is 0 Å². The second-order valence-electron chi connectivity index (χ2n) is 7.06. The van der Waals surface area contributed by atoms with Crippen molar-refractivity contribution in [2.75, 3.05) is 25.6 Å². The van der Waals surface area contributed by atoms with Crippen molar-refractivity contribution >= 4 is 49.7 Å². The molecule has 0 aromatic carbocycles. The summed E-state index contributed by atoms with van der Waals surface area (Å²) in [6.45, 7) is 3.66. The molecule has 3 aromatic rings. The van der Waals surface area contributed by atoms with Crippen LogP contribution in [0.2, 0.25) is 0 Å². The maximum absolute atomic E-state index is 13.1. The summed E-state index contributed by atoms with van der Waals surface area (Å²) in [6, 6.07) is 3.98. The summed E-state index contributed by atoms with van der Waals surface area (Å²) in [5.41, 5.74) is 3.43. The maximum Gasteiger partial charge on any atom is 0.272 e. The lowest BCUT2D eigenvalue weighted by atomic mass is 9.95. The van der Waals surface area contributed by atoms with Crippen LogP contribution in [0.4, 0.5) is 5.00 Å². The number of nitrogens with zero attached hydrogens (tertiary/aromatic N) is 1. The highest BCUT2D eigenvalue weighted by Crippen LogP contribution is 2.38. The third kappa shape index (κ3) is 3.84. The molecule has 0 atom stereocenters. The van der Waals surface area contributed by atoms with E-state index < -0.39 is 0 Å². The highest BCUT2D eigenvalue weighted by atomic mass is 32.1. The third-order valence-electron chi connectivity index (χ3n) is 5.29. The van der Waals surface area contributed by atoms with Crippen LogP contribution in [0.1, 0.15) is 51.1 Å². The molecule has 0 fully saturated rings. The molecule has 0 saturated carbocycles. The number of rotatable bonds is 7. The first-order valence-electron chi connectivity index (χ1n) is 9.93.